The van der Waals surface area contributed by atoms with Gasteiger partial charge in [-0.2, -0.15) is 0 Å². The van der Waals surface area contributed by atoms with Crippen LogP contribution in [-0.4, -0.2) is 36.1 Å². The summed E-state index contributed by atoms with van der Waals surface area (Å²) < 4.78 is 0. The van der Waals surface area contributed by atoms with Gasteiger partial charge >= 0.3 is 0 Å². The summed E-state index contributed by atoms with van der Waals surface area (Å²) in [4.78, 5) is 18.1. The maximum atomic E-state index is 11.5. The van der Waals surface area contributed by atoms with Crippen molar-refractivity contribution in [1.29, 1.82) is 0 Å². The van der Waals surface area contributed by atoms with E-state index in [1.165, 1.54) is 0 Å². The van der Waals surface area contributed by atoms with E-state index in [0.717, 1.165) is 31.7 Å². The number of anilines is 1. The van der Waals surface area contributed by atoms with E-state index in [0.29, 0.717) is 0 Å². The third-order valence-electron chi connectivity index (χ3n) is 3.23. The first kappa shape index (κ1) is 12.8. The number of nitrogens with zero attached hydrogens (tertiary/aromatic N) is 2. The Morgan fingerprint density at radius 3 is 2.78 bits per heavy atom. The largest absolute Gasteiger partial charge is 0.356 e. The summed E-state index contributed by atoms with van der Waals surface area (Å²) in [7, 11) is 0. The van der Waals surface area contributed by atoms with Crippen molar-refractivity contribution in [3.8, 4) is 0 Å². The highest BCUT2D eigenvalue weighted by molar-refractivity contribution is 5.81. The number of amides is 1. The number of aromatic nitrogens is 1. The Labute approximate surface area is 107 Å². The molecule has 18 heavy (non-hydrogen) atoms. The molecule has 1 aromatic heterocycles. The van der Waals surface area contributed by atoms with E-state index in [1.807, 2.05) is 18.2 Å². The monoisotopic (exact) mass is 248 g/mol. The highest BCUT2D eigenvalue weighted by atomic mass is 16.2. The minimum Gasteiger partial charge on any atom is -0.356 e. The molecule has 2 heterocycles. The second-order valence-corrected chi connectivity index (χ2v) is 4.75. The highest BCUT2D eigenvalue weighted by Crippen LogP contribution is 2.17. The van der Waals surface area contributed by atoms with E-state index in [4.69, 9.17) is 5.73 Å². The van der Waals surface area contributed by atoms with Gasteiger partial charge in [-0.1, -0.05) is 6.07 Å². The molecule has 0 spiro atoms. The fraction of sp³-hybridized carbons (Fsp3) is 0.538. The van der Waals surface area contributed by atoms with Crippen LogP contribution < -0.4 is 16.0 Å². The fourth-order valence-electron chi connectivity index (χ4n) is 2.13. The maximum absolute atomic E-state index is 11.5. The molecule has 0 unspecified atom stereocenters. The van der Waals surface area contributed by atoms with Gasteiger partial charge in [0.15, 0.2) is 0 Å². The molecule has 1 aromatic rings. The molecule has 2 rings (SSSR count). The van der Waals surface area contributed by atoms with Crippen LogP contribution in [0, 0.1) is 0 Å². The summed E-state index contributed by atoms with van der Waals surface area (Å²) >= 11 is 0. The third-order valence-corrected chi connectivity index (χ3v) is 3.23. The van der Waals surface area contributed by atoms with Crippen molar-refractivity contribution in [3.63, 3.8) is 0 Å². The molecule has 0 aromatic carbocycles. The quantitative estimate of drug-likeness (QED) is 0.818. The number of hydrogen-bond donors (Lipinski definition) is 2. The molecule has 98 valence electrons. The summed E-state index contributed by atoms with van der Waals surface area (Å²) in [6.07, 6.45) is 3.68. The van der Waals surface area contributed by atoms with E-state index >= 15 is 0 Å². The second-order valence-electron chi connectivity index (χ2n) is 4.75. The Balaban J connectivity index is 1.83. The summed E-state index contributed by atoms with van der Waals surface area (Å²) in [5.74, 6) is 0.945. The van der Waals surface area contributed by atoms with Crippen molar-refractivity contribution >= 4 is 11.7 Å². The molecule has 1 amide bonds. The normalized spacial score (nSPS) is 18.4. The second kappa shape index (κ2) is 5.82. The maximum Gasteiger partial charge on any atom is 0.236 e. The van der Waals surface area contributed by atoms with Gasteiger partial charge in [-0.3, -0.25) is 4.79 Å². The number of pyridine rings is 1. The minimum atomic E-state index is -0.432. The summed E-state index contributed by atoms with van der Waals surface area (Å²) in [5.41, 5.74) is 5.54. The van der Waals surface area contributed by atoms with Crippen molar-refractivity contribution in [2.75, 3.05) is 18.0 Å². The third kappa shape index (κ3) is 3.20. The van der Waals surface area contributed by atoms with Gasteiger partial charge < -0.3 is 16.0 Å². The van der Waals surface area contributed by atoms with Crippen LogP contribution in [0.4, 0.5) is 5.82 Å². The van der Waals surface area contributed by atoms with Crippen LogP contribution in [0.2, 0.25) is 0 Å². The first-order valence-electron chi connectivity index (χ1n) is 6.39. The number of piperidine rings is 1. The lowest BCUT2D eigenvalue weighted by Gasteiger charge is -2.33. The van der Waals surface area contributed by atoms with Gasteiger partial charge in [0.2, 0.25) is 5.91 Å². The van der Waals surface area contributed by atoms with E-state index in [1.54, 1.807) is 13.1 Å². The SMILES string of the molecule is C[C@H](N)C(=O)NC1CCN(c2ccccn2)CC1. The van der Waals surface area contributed by atoms with Gasteiger partial charge in [0.25, 0.3) is 0 Å². The van der Waals surface area contributed by atoms with Gasteiger partial charge in [-0.15, -0.1) is 0 Å². The van der Waals surface area contributed by atoms with Crippen molar-refractivity contribution in [1.82, 2.24) is 10.3 Å². The lowest BCUT2D eigenvalue weighted by atomic mass is 10.0. The molecule has 1 aliphatic heterocycles. The minimum absolute atomic E-state index is 0.0636. The number of nitrogens with one attached hydrogen (secondary N) is 1. The van der Waals surface area contributed by atoms with Crippen molar-refractivity contribution < 1.29 is 4.79 Å². The first-order chi connectivity index (χ1) is 8.66. The van der Waals surface area contributed by atoms with Gasteiger partial charge in [-0.25, -0.2) is 4.98 Å². The van der Waals surface area contributed by atoms with Crippen molar-refractivity contribution in [3.05, 3.63) is 24.4 Å². The molecule has 0 aliphatic carbocycles. The molecule has 1 atom stereocenters. The zero-order valence-electron chi connectivity index (χ0n) is 10.7. The van der Waals surface area contributed by atoms with Gasteiger partial charge in [0.1, 0.15) is 5.82 Å². The standard InChI is InChI=1S/C13H20N4O/c1-10(14)13(18)16-11-5-8-17(9-6-11)12-4-2-3-7-15-12/h2-4,7,10-11H,5-6,8-9,14H2,1H3,(H,16,18)/t10-/m0/s1. The number of carbonyl (C=O) groups is 1. The van der Waals surface area contributed by atoms with Crippen molar-refractivity contribution in [2.24, 2.45) is 5.73 Å². The number of nitrogens with two attached hydrogens (primary N) is 1. The molecule has 3 N–H and O–H groups in total. The van der Waals surface area contributed by atoms with Gasteiger partial charge in [0.05, 0.1) is 6.04 Å². The average molecular weight is 248 g/mol. The predicted octanol–water partition coefficient (Wildman–Crippen LogP) is 0.514. The van der Waals surface area contributed by atoms with Crippen LogP contribution >= 0.6 is 0 Å². The van der Waals surface area contributed by atoms with E-state index < -0.39 is 6.04 Å². The Kier molecular flexibility index (Phi) is 4.15. The molecule has 0 saturated carbocycles. The average Bonchev–Trinajstić information content (AvgIpc) is 2.40. The Morgan fingerprint density at radius 1 is 1.50 bits per heavy atom. The molecular weight excluding hydrogens is 228 g/mol. The smallest absolute Gasteiger partial charge is 0.236 e. The van der Waals surface area contributed by atoms with Crippen molar-refractivity contribution in [2.45, 2.75) is 31.8 Å². The number of hydrogen-bond acceptors (Lipinski definition) is 4. The van der Waals surface area contributed by atoms with E-state index in [9.17, 15) is 4.79 Å². The lowest BCUT2D eigenvalue weighted by molar-refractivity contribution is -0.122. The topological polar surface area (TPSA) is 71.2 Å². The summed E-state index contributed by atoms with van der Waals surface area (Å²) in [6, 6.07) is 5.73. The molecule has 1 fully saturated rings. The number of rotatable bonds is 3. The molecule has 1 saturated heterocycles. The highest BCUT2D eigenvalue weighted by Gasteiger charge is 2.22. The molecule has 1 aliphatic rings. The molecule has 0 bridgehead atoms. The van der Waals surface area contributed by atoms with E-state index in [-0.39, 0.29) is 11.9 Å². The summed E-state index contributed by atoms with van der Waals surface area (Å²) in [5, 5.41) is 2.98. The molecule has 5 nitrogen and oxygen atoms in total. The zero-order valence-corrected chi connectivity index (χ0v) is 10.7. The molecule has 0 radical (unpaired) electrons. The fourth-order valence-corrected chi connectivity index (χ4v) is 2.13. The lowest BCUT2D eigenvalue weighted by Crippen LogP contribution is -2.49. The van der Waals surface area contributed by atoms with Gasteiger partial charge in [0, 0.05) is 25.3 Å². The zero-order chi connectivity index (χ0) is 13.0. The Hall–Kier alpha value is -1.62. The van der Waals surface area contributed by atoms with Crippen LogP contribution in [0.15, 0.2) is 24.4 Å². The number of carbonyl (C=O) groups excluding carboxylic acids is 1. The Bertz CT molecular complexity index is 385. The van der Waals surface area contributed by atoms with Crippen LogP contribution in [0.3, 0.4) is 0 Å². The first-order valence-corrected chi connectivity index (χ1v) is 6.39. The van der Waals surface area contributed by atoms with Crippen LogP contribution in [0.1, 0.15) is 19.8 Å². The predicted molar refractivity (Wildman–Crippen MR) is 71.3 cm³/mol. The summed E-state index contributed by atoms with van der Waals surface area (Å²) in [6.45, 7) is 3.54. The van der Waals surface area contributed by atoms with E-state index in [2.05, 4.69) is 15.2 Å². The van der Waals surface area contributed by atoms with Crippen LogP contribution in [-0.2, 0) is 4.79 Å². The molecule has 5 heteroatoms. The van der Waals surface area contributed by atoms with Crippen LogP contribution in [0.25, 0.3) is 0 Å². The Morgan fingerprint density at radius 2 is 2.22 bits per heavy atom. The molecular formula is C13H20N4O. The van der Waals surface area contributed by atoms with Crippen LogP contribution in [0.5, 0.6) is 0 Å². The van der Waals surface area contributed by atoms with Gasteiger partial charge in [-0.05, 0) is 31.9 Å².